The minimum Gasteiger partial charge on any atom is -0.493 e. The molecule has 0 aliphatic carbocycles. The highest BCUT2D eigenvalue weighted by Crippen LogP contribution is 2.40. The third-order valence-corrected chi connectivity index (χ3v) is 8.67. The number of rotatable bonds is 8. The topological polar surface area (TPSA) is 132 Å². The average molecular weight is 599 g/mol. The van der Waals surface area contributed by atoms with Crippen LogP contribution in [0.4, 0.5) is 5.82 Å². The van der Waals surface area contributed by atoms with Crippen molar-refractivity contribution in [1.29, 1.82) is 0 Å². The van der Waals surface area contributed by atoms with Gasteiger partial charge in [0, 0.05) is 36.3 Å². The molecule has 11 heteroatoms. The molecule has 11 nitrogen and oxygen atoms in total. The van der Waals surface area contributed by atoms with Gasteiger partial charge in [-0.2, -0.15) is 10.8 Å². The van der Waals surface area contributed by atoms with Crippen LogP contribution in [0.15, 0.2) is 76.4 Å². The Balaban J connectivity index is 1.21. The van der Waals surface area contributed by atoms with Gasteiger partial charge in [-0.1, -0.05) is 13.8 Å². The number of quaternary nitrogens is 1. The van der Waals surface area contributed by atoms with E-state index >= 15 is 0 Å². The predicted molar refractivity (Wildman–Crippen MR) is 167 cm³/mol. The number of aromatic nitrogens is 1. The second kappa shape index (κ2) is 11.7. The standard InChI is InChI=1S/C33H39N7O4/c1-21(2)18-44-26-11-12-36-28(15-26)37-31(41)24-9-7-23(8-10-24)30-38-29(27-16-35-13-14-40(27,30)34)25-6-5-22(3)39(17-25)32(42)33(4)19-43-20-33/h7-16,21-22,25H,5-6,17-20,34H2,1-4H3/p+1/t22-,25+,40?/m0/s1. The largest absolute Gasteiger partial charge is 0.493 e. The number of carbonyl (C=O) groups is 2. The molecule has 2 aromatic rings. The second-order valence-corrected chi connectivity index (χ2v) is 12.8. The van der Waals surface area contributed by atoms with Gasteiger partial charge < -0.3 is 19.7 Å². The molecular formula is C33H40N7O4+. The Bertz CT molecular complexity index is 1570. The van der Waals surface area contributed by atoms with E-state index < -0.39 is 5.41 Å². The third-order valence-electron chi connectivity index (χ3n) is 8.67. The lowest BCUT2D eigenvalue weighted by molar-refractivity contribution is -0.750. The van der Waals surface area contributed by atoms with Crippen LogP contribution in [0.1, 0.15) is 56.5 Å². The average Bonchev–Trinajstić information content (AvgIpc) is 3.32. The normalized spacial score (nSPS) is 25.4. The summed E-state index contributed by atoms with van der Waals surface area (Å²) in [5.74, 6) is 8.95. The molecule has 4 aliphatic rings. The molecule has 1 unspecified atom stereocenters. The number of pyridine rings is 1. The summed E-state index contributed by atoms with van der Waals surface area (Å²) in [7, 11) is 0. The molecule has 3 atom stereocenters. The third kappa shape index (κ3) is 5.58. The summed E-state index contributed by atoms with van der Waals surface area (Å²) in [5.41, 5.74) is 2.44. The van der Waals surface area contributed by atoms with E-state index in [1.807, 2.05) is 30.2 Å². The number of piperidine rings is 1. The number of benzene rings is 1. The number of hydrogen-bond acceptors (Lipinski definition) is 8. The number of amidine groups is 1. The number of nitrogens with two attached hydrogens (primary N) is 1. The van der Waals surface area contributed by atoms with Crippen molar-refractivity contribution in [3.05, 3.63) is 77.5 Å². The Morgan fingerprint density at radius 3 is 2.68 bits per heavy atom. The first-order valence-electron chi connectivity index (χ1n) is 15.2. The van der Waals surface area contributed by atoms with Crippen LogP contribution in [0.2, 0.25) is 0 Å². The highest BCUT2D eigenvalue weighted by molar-refractivity contribution is 6.05. The fourth-order valence-corrected chi connectivity index (χ4v) is 5.99. The van der Waals surface area contributed by atoms with Crippen LogP contribution in [0, 0.1) is 17.3 Å². The van der Waals surface area contributed by atoms with Crippen LogP contribution < -0.4 is 15.9 Å². The Morgan fingerprint density at radius 2 is 1.98 bits per heavy atom. The number of ether oxygens (including phenoxy) is 2. The molecule has 230 valence electrons. The molecule has 6 rings (SSSR count). The smallest absolute Gasteiger partial charge is 0.264 e. The van der Waals surface area contributed by atoms with Gasteiger partial charge in [0.1, 0.15) is 23.5 Å². The van der Waals surface area contributed by atoms with Crippen molar-refractivity contribution in [3.63, 3.8) is 0 Å². The molecule has 2 fully saturated rings. The second-order valence-electron chi connectivity index (χ2n) is 12.8. The van der Waals surface area contributed by atoms with E-state index in [2.05, 4.69) is 36.1 Å². The number of nitrogens with zero attached hydrogens (tertiary/aromatic N) is 5. The van der Waals surface area contributed by atoms with E-state index in [-0.39, 0.29) is 28.4 Å². The summed E-state index contributed by atoms with van der Waals surface area (Å²) < 4.78 is 11.0. The number of nitrogens with one attached hydrogen (secondary N) is 1. The number of anilines is 1. The highest BCUT2D eigenvalue weighted by atomic mass is 16.5. The zero-order valence-electron chi connectivity index (χ0n) is 25.7. The molecule has 0 saturated carbocycles. The van der Waals surface area contributed by atoms with Crippen LogP contribution >= 0.6 is 0 Å². The minimum atomic E-state index is -0.463. The van der Waals surface area contributed by atoms with Crippen molar-refractivity contribution in [3.8, 4) is 5.75 Å². The summed E-state index contributed by atoms with van der Waals surface area (Å²) in [4.78, 5) is 42.2. The monoisotopic (exact) mass is 598 g/mol. The fraction of sp³-hybridized carbons (Fsp3) is 0.424. The quantitative estimate of drug-likeness (QED) is 0.345. The SMILES string of the molecule is CC(C)COc1ccnc(NC(=O)c2ccc(C3=NC([C@@H]4CC[C@H](C)N(C(=O)C5(C)COC5)C4)=C4C=NC=C[N+]34N)cc2)c1. The van der Waals surface area contributed by atoms with Crippen molar-refractivity contribution >= 4 is 29.7 Å². The van der Waals surface area contributed by atoms with Crippen LogP contribution in [-0.4, -0.2) is 70.7 Å². The summed E-state index contributed by atoms with van der Waals surface area (Å²) in [5, 5.41) is 2.85. The van der Waals surface area contributed by atoms with E-state index in [1.165, 1.54) is 0 Å². The number of amides is 2. The van der Waals surface area contributed by atoms with E-state index in [9.17, 15) is 9.59 Å². The Labute approximate surface area is 257 Å². The lowest BCUT2D eigenvalue weighted by Crippen LogP contribution is -2.57. The Hall–Kier alpha value is -4.19. The van der Waals surface area contributed by atoms with E-state index in [0.717, 1.165) is 29.8 Å². The van der Waals surface area contributed by atoms with Crippen molar-refractivity contribution in [2.24, 2.45) is 33.1 Å². The predicted octanol–water partition coefficient (Wildman–Crippen LogP) is 4.25. The lowest BCUT2D eigenvalue weighted by Gasteiger charge is -2.45. The maximum atomic E-state index is 13.5. The van der Waals surface area contributed by atoms with Gasteiger partial charge in [-0.05, 0) is 62.9 Å². The maximum Gasteiger partial charge on any atom is 0.264 e. The van der Waals surface area contributed by atoms with Crippen LogP contribution in [0.5, 0.6) is 5.75 Å². The van der Waals surface area contributed by atoms with Gasteiger partial charge in [0.2, 0.25) is 11.6 Å². The molecule has 1 aromatic carbocycles. The molecule has 44 heavy (non-hydrogen) atoms. The van der Waals surface area contributed by atoms with E-state index in [0.29, 0.717) is 55.2 Å². The zero-order chi connectivity index (χ0) is 31.1. The molecule has 1 aromatic heterocycles. The summed E-state index contributed by atoms with van der Waals surface area (Å²) >= 11 is 0. The number of hydrogen-bond donors (Lipinski definition) is 2. The van der Waals surface area contributed by atoms with Crippen LogP contribution in [-0.2, 0) is 9.53 Å². The van der Waals surface area contributed by atoms with Crippen molar-refractivity contribution in [1.82, 2.24) is 9.88 Å². The molecule has 0 spiro atoms. The minimum absolute atomic E-state index is 0.0177. The highest BCUT2D eigenvalue weighted by Gasteiger charge is 2.49. The summed E-state index contributed by atoms with van der Waals surface area (Å²) in [6.45, 7) is 10.3. The van der Waals surface area contributed by atoms with Gasteiger partial charge in [-0.25, -0.2) is 4.98 Å². The van der Waals surface area contributed by atoms with Gasteiger partial charge in [0.15, 0.2) is 0 Å². The summed E-state index contributed by atoms with van der Waals surface area (Å²) in [6, 6.07) is 10.8. The summed E-state index contributed by atoms with van der Waals surface area (Å²) in [6.07, 6.45) is 8.62. The molecule has 2 amide bonds. The number of likely N-dealkylation sites (tertiary alicyclic amines) is 1. The first kappa shape index (κ1) is 29.9. The molecule has 2 saturated heterocycles. The van der Waals surface area contributed by atoms with Crippen LogP contribution in [0.25, 0.3) is 0 Å². The number of carbonyl (C=O) groups excluding carboxylic acids is 2. The van der Waals surface area contributed by atoms with Crippen LogP contribution in [0.3, 0.4) is 0 Å². The first-order chi connectivity index (χ1) is 21.1. The molecule has 5 heterocycles. The van der Waals surface area contributed by atoms with Gasteiger partial charge in [0.25, 0.3) is 11.7 Å². The number of aliphatic imine (C=N–C) groups is 2. The van der Waals surface area contributed by atoms with E-state index in [1.54, 1.807) is 42.9 Å². The maximum absolute atomic E-state index is 13.5. The van der Waals surface area contributed by atoms with Gasteiger partial charge in [-0.15, -0.1) is 4.59 Å². The van der Waals surface area contributed by atoms with Gasteiger partial charge in [0.05, 0.1) is 43.2 Å². The Kier molecular flexibility index (Phi) is 7.95. The molecule has 0 bridgehead atoms. The van der Waals surface area contributed by atoms with E-state index in [4.69, 9.17) is 20.3 Å². The number of fused-ring (bicyclic) bond motifs is 1. The van der Waals surface area contributed by atoms with Gasteiger partial charge >= 0.3 is 0 Å². The molecule has 0 radical (unpaired) electrons. The molecule has 3 N–H and O–H groups in total. The molecule has 4 aliphatic heterocycles. The van der Waals surface area contributed by atoms with Crippen molar-refractivity contribution in [2.75, 3.05) is 31.7 Å². The lowest BCUT2D eigenvalue weighted by atomic mass is 9.83. The van der Waals surface area contributed by atoms with Crippen molar-refractivity contribution in [2.45, 2.75) is 46.6 Å². The van der Waals surface area contributed by atoms with Gasteiger partial charge in [-0.3, -0.25) is 14.6 Å². The molecular weight excluding hydrogens is 558 g/mol. The first-order valence-corrected chi connectivity index (χ1v) is 15.2. The Morgan fingerprint density at radius 1 is 1.20 bits per heavy atom. The zero-order valence-corrected chi connectivity index (χ0v) is 25.7. The van der Waals surface area contributed by atoms with Crippen molar-refractivity contribution < 1.29 is 23.7 Å². The number of allylic oxidation sites excluding steroid dienone is 1. The fourth-order valence-electron chi connectivity index (χ4n) is 5.99.